The van der Waals surface area contributed by atoms with Gasteiger partial charge in [-0.2, -0.15) is 10.4 Å². The molecule has 5 heteroatoms. The summed E-state index contributed by atoms with van der Waals surface area (Å²) in [5.74, 6) is 0. The van der Waals surface area contributed by atoms with Crippen LogP contribution in [-0.4, -0.2) is 21.3 Å². The predicted molar refractivity (Wildman–Crippen MR) is 78.5 cm³/mol. The first-order valence-electron chi connectivity index (χ1n) is 6.67. The van der Waals surface area contributed by atoms with Crippen molar-refractivity contribution < 1.29 is 0 Å². The molecule has 0 radical (unpaired) electrons. The molecule has 5 nitrogen and oxygen atoms in total. The van der Waals surface area contributed by atoms with Crippen LogP contribution in [0.25, 0.3) is 5.69 Å². The lowest BCUT2D eigenvalue weighted by Gasteiger charge is -2.24. The van der Waals surface area contributed by atoms with Crippen molar-refractivity contribution in [3.05, 3.63) is 36.9 Å². The molecule has 1 aromatic carbocycles. The smallest absolute Gasteiger partial charge is 0.138 e. The molecule has 2 aromatic rings. The summed E-state index contributed by atoms with van der Waals surface area (Å²) in [6, 6.07) is 10.3. The quantitative estimate of drug-likeness (QED) is 0.875. The molecule has 1 heterocycles. The van der Waals surface area contributed by atoms with E-state index in [2.05, 4.69) is 35.3 Å². The molecule has 20 heavy (non-hydrogen) atoms. The molecule has 0 saturated carbocycles. The van der Waals surface area contributed by atoms with Crippen LogP contribution in [0.4, 0.5) is 5.69 Å². The average Bonchev–Trinajstić information content (AvgIpc) is 2.98. The Morgan fingerprint density at radius 1 is 1.30 bits per heavy atom. The number of nitriles is 1. The van der Waals surface area contributed by atoms with Gasteiger partial charge in [0.15, 0.2) is 0 Å². The van der Waals surface area contributed by atoms with E-state index >= 15 is 0 Å². The summed E-state index contributed by atoms with van der Waals surface area (Å²) < 4.78 is 1.72. The van der Waals surface area contributed by atoms with Gasteiger partial charge < -0.3 is 5.32 Å². The molecule has 0 amide bonds. The maximum Gasteiger partial charge on any atom is 0.138 e. The van der Waals surface area contributed by atoms with Crippen LogP contribution in [0.2, 0.25) is 0 Å². The molecule has 0 saturated heterocycles. The molecule has 2 rings (SSSR count). The van der Waals surface area contributed by atoms with E-state index in [9.17, 15) is 0 Å². The van der Waals surface area contributed by atoms with E-state index in [-0.39, 0.29) is 5.41 Å². The Labute approximate surface area is 119 Å². The van der Waals surface area contributed by atoms with Gasteiger partial charge in [-0.25, -0.2) is 9.67 Å². The summed E-state index contributed by atoms with van der Waals surface area (Å²) in [6.07, 6.45) is 4.69. The predicted octanol–water partition coefficient (Wildman–Crippen LogP) is 3.01. The SMILES string of the molecule is CC(C)(CCC#N)CNc1ccc(-n2cncn2)cc1. The van der Waals surface area contributed by atoms with E-state index in [4.69, 9.17) is 5.26 Å². The molecule has 104 valence electrons. The maximum absolute atomic E-state index is 8.65. The highest BCUT2D eigenvalue weighted by atomic mass is 15.3. The monoisotopic (exact) mass is 269 g/mol. The van der Waals surface area contributed by atoms with Crippen LogP contribution in [-0.2, 0) is 0 Å². The molecule has 0 aliphatic heterocycles. The number of hydrogen-bond acceptors (Lipinski definition) is 4. The Bertz CT molecular complexity index is 563. The first kappa shape index (κ1) is 14.1. The van der Waals surface area contributed by atoms with E-state index in [0.29, 0.717) is 6.42 Å². The minimum Gasteiger partial charge on any atom is -0.385 e. The van der Waals surface area contributed by atoms with Crippen LogP contribution < -0.4 is 5.32 Å². The molecular formula is C15H19N5. The topological polar surface area (TPSA) is 66.5 Å². The third-order valence-electron chi connectivity index (χ3n) is 3.24. The lowest BCUT2D eigenvalue weighted by molar-refractivity contribution is 0.364. The second kappa shape index (κ2) is 6.20. The van der Waals surface area contributed by atoms with E-state index in [1.165, 1.54) is 6.33 Å². The van der Waals surface area contributed by atoms with Crippen molar-refractivity contribution in [2.24, 2.45) is 5.41 Å². The van der Waals surface area contributed by atoms with Crippen molar-refractivity contribution in [1.29, 1.82) is 5.26 Å². The van der Waals surface area contributed by atoms with Gasteiger partial charge in [0.25, 0.3) is 0 Å². The van der Waals surface area contributed by atoms with Crippen LogP contribution in [0, 0.1) is 16.7 Å². The highest BCUT2D eigenvalue weighted by molar-refractivity contribution is 5.48. The summed E-state index contributed by atoms with van der Waals surface area (Å²) in [7, 11) is 0. The lowest BCUT2D eigenvalue weighted by atomic mass is 9.88. The number of anilines is 1. The molecule has 0 unspecified atom stereocenters. The summed E-state index contributed by atoms with van der Waals surface area (Å²) in [5.41, 5.74) is 2.16. The first-order valence-corrected chi connectivity index (χ1v) is 6.67. The van der Waals surface area contributed by atoms with E-state index in [1.807, 2.05) is 24.3 Å². The van der Waals surface area contributed by atoms with Crippen LogP contribution in [0.5, 0.6) is 0 Å². The van der Waals surface area contributed by atoms with Crippen molar-refractivity contribution in [2.75, 3.05) is 11.9 Å². The lowest BCUT2D eigenvalue weighted by Crippen LogP contribution is -2.22. The van der Waals surface area contributed by atoms with Gasteiger partial charge >= 0.3 is 0 Å². The fourth-order valence-electron chi connectivity index (χ4n) is 1.90. The Morgan fingerprint density at radius 3 is 2.65 bits per heavy atom. The molecule has 0 spiro atoms. The number of nitrogens with one attached hydrogen (secondary N) is 1. The van der Waals surface area contributed by atoms with Gasteiger partial charge in [0, 0.05) is 18.7 Å². The highest BCUT2D eigenvalue weighted by Gasteiger charge is 2.16. The molecule has 0 atom stereocenters. The highest BCUT2D eigenvalue weighted by Crippen LogP contribution is 2.23. The zero-order valence-electron chi connectivity index (χ0n) is 11.9. The first-order chi connectivity index (χ1) is 9.61. The summed E-state index contributed by atoms with van der Waals surface area (Å²) in [6.45, 7) is 5.18. The summed E-state index contributed by atoms with van der Waals surface area (Å²) in [5, 5.41) is 16.2. The van der Waals surface area contributed by atoms with E-state index in [1.54, 1.807) is 11.0 Å². The fraction of sp³-hybridized carbons (Fsp3) is 0.400. The number of aromatic nitrogens is 3. The number of hydrogen-bond donors (Lipinski definition) is 1. The zero-order chi connectivity index (χ0) is 14.4. The van der Waals surface area contributed by atoms with Gasteiger partial charge in [-0.05, 0) is 36.1 Å². The molecule has 0 aliphatic rings. The van der Waals surface area contributed by atoms with Gasteiger partial charge in [0.2, 0.25) is 0 Å². The molecular weight excluding hydrogens is 250 g/mol. The van der Waals surface area contributed by atoms with Crippen LogP contribution in [0.15, 0.2) is 36.9 Å². The molecule has 0 fully saturated rings. The van der Waals surface area contributed by atoms with Crippen molar-refractivity contribution in [1.82, 2.24) is 14.8 Å². The van der Waals surface area contributed by atoms with Crippen LogP contribution in [0.1, 0.15) is 26.7 Å². The Kier molecular flexibility index (Phi) is 4.36. The third kappa shape index (κ3) is 3.82. The number of benzene rings is 1. The Morgan fingerprint density at radius 2 is 2.05 bits per heavy atom. The van der Waals surface area contributed by atoms with Crippen molar-refractivity contribution in [3.8, 4) is 11.8 Å². The maximum atomic E-state index is 8.65. The Balaban J connectivity index is 1.93. The summed E-state index contributed by atoms with van der Waals surface area (Å²) in [4.78, 5) is 3.93. The molecule has 0 aliphatic carbocycles. The largest absolute Gasteiger partial charge is 0.385 e. The Hall–Kier alpha value is -2.35. The van der Waals surface area contributed by atoms with Crippen LogP contribution >= 0.6 is 0 Å². The van der Waals surface area contributed by atoms with Gasteiger partial charge in [-0.1, -0.05) is 13.8 Å². The fourth-order valence-corrected chi connectivity index (χ4v) is 1.90. The number of nitrogens with zero attached hydrogens (tertiary/aromatic N) is 4. The third-order valence-corrected chi connectivity index (χ3v) is 3.24. The van der Waals surface area contributed by atoms with Crippen LogP contribution in [0.3, 0.4) is 0 Å². The van der Waals surface area contributed by atoms with Gasteiger partial charge in [-0.3, -0.25) is 0 Å². The van der Waals surface area contributed by atoms with Crippen molar-refractivity contribution >= 4 is 5.69 Å². The van der Waals surface area contributed by atoms with Crippen molar-refractivity contribution in [3.63, 3.8) is 0 Å². The van der Waals surface area contributed by atoms with E-state index < -0.39 is 0 Å². The van der Waals surface area contributed by atoms with Gasteiger partial charge in [0.1, 0.15) is 12.7 Å². The normalized spacial score (nSPS) is 11.1. The number of rotatable bonds is 6. The average molecular weight is 269 g/mol. The minimum absolute atomic E-state index is 0.111. The summed E-state index contributed by atoms with van der Waals surface area (Å²) >= 11 is 0. The molecule has 1 N–H and O–H groups in total. The van der Waals surface area contributed by atoms with Crippen molar-refractivity contribution in [2.45, 2.75) is 26.7 Å². The molecule has 1 aromatic heterocycles. The minimum atomic E-state index is 0.111. The second-order valence-electron chi connectivity index (χ2n) is 5.56. The zero-order valence-corrected chi connectivity index (χ0v) is 11.9. The van der Waals surface area contributed by atoms with Gasteiger partial charge in [0.05, 0.1) is 11.8 Å². The van der Waals surface area contributed by atoms with Gasteiger partial charge in [-0.15, -0.1) is 0 Å². The second-order valence-corrected chi connectivity index (χ2v) is 5.56. The van der Waals surface area contributed by atoms with E-state index in [0.717, 1.165) is 24.3 Å². The molecule has 0 bridgehead atoms. The standard InChI is InChI=1S/C15H19N5/c1-15(2,8-3-9-16)10-18-13-4-6-14(7-5-13)20-12-17-11-19-20/h4-7,11-12,18H,3,8,10H2,1-2H3.